The van der Waals surface area contributed by atoms with Gasteiger partial charge in [0.25, 0.3) is 0 Å². The van der Waals surface area contributed by atoms with Crippen LogP contribution in [0.3, 0.4) is 0 Å². The number of furan rings is 1. The third-order valence-corrected chi connectivity index (χ3v) is 6.24. The molecule has 0 aromatic carbocycles. The molecular formula is C23H23N7O3. The molecule has 10 heteroatoms. The highest BCUT2D eigenvalue weighted by atomic mass is 16.5. The molecule has 1 saturated heterocycles. The van der Waals surface area contributed by atoms with Gasteiger partial charge in [-0.2, -0.15) is 15.2 Å². The highest BCUT2D eigenvalue weighted by Crippen LogP contribution is 2.36. The molecule has 5 aromatic heterocycles. The van der Waals surface area contributed by atoms with Crippen molar-refractivity contribution in [3.05, 3.63) is 53.5 Å². The highest BCUT2D eigenvalue weighted by Gasteiger charge is 2.29. The minimum Gasteiger partial charge on any atom is -0.450 e. The van der Waals surface area contributed by atoms with E-state index in [1.807, 2.05) is 37.6 Å². The number of aryl methyl sites for hydroxylation is 1. The smallest absolute Gasteiger partial charge is 0.349 e. The van der Waals surface area contributed by atoms with Gasteiger partial charge in [0.15, 0.2) is 17.0 Å². The lowest BCUT2D eigenvalue weighted by Crippen LogP contribution is -2.34. The fourth-order valence-electron chi connectivity index (χ4n) is 4.62. The summed E-state index contributed by atoms with van der Waals surface area (Å²) in [7, 11) is 1.82. The molecule has 10 nitrogen and oxygen atoms in total. The zero-order chi connectivity index (χ0) is 22.5. The van der Waals surface area contributed by atoms with Crippen LogP contribution in [0.2, 0.25) is 0 Å². The van der Waals surface area contributed by atoms with Gasteiger partial charge in [0, 0.05) is 43.9 Å². The standard InChI is InChI=1S/C23H23N7O3/c1-3-16-11-15(7-10-32-16)30-21-20-17(5-6-18(26-20)29-9-4-8-24-29)33-22(21)19(27-23(30)31)14-12-25-28(2)13-14/h4-6,8-9,12-13,15-16H,3,7,10-11H2,1-2H3/t15-,16-/m0/s1. The van der Waals surface area contributed by atoms with Gasteiger partial charge in [0.05, 0.1) is 12.3 Å². The van der Waals surface area contributed by atoms with E-state index in [4.69, 9.17) is 14.1 Å². The summed E-state index contributed by atoms with van der Waals surface area (Å²) >= 11 is 0. The topological polar surface area (TPSA) is 106 Å². The Morgan fingerprint density at radius 2 is 2.12 bits per heavy atom. The van der Waals surface area contributed by atoms with Crippen LogP contribution in [0.25, 0.3) is 39.3 Å². The molecule has 1 aliphatic heterocycles. The molecule has 0 radical (unpaired) electrons. The summed E-state index contributed by atoms with van der Waals surface area (Å²) in [6, 6.07) is 5.50. The molecule has 0 unspecified atom stereocenters. The van der Waals surface area contributed by atoms with Gasteiger partial charge in [-0.3, -0.25) is 9.25 Å². The van der Waals surface area contributed by atoms with Crippen molar-refractivity contribution in [2.75, 3.05) is 6.61 Å². The molecule has 6 rings (SSSR count). The maximum Gasteiger partial charge on any atom is 0.349 e. The van der Waals surface area contributed by atoms with Crippen molar-refractivity contribution in [1.82, 2.24) is 34.1 Å². The normalized spacial score (nSPS) is 19.0. The zero-order valence-corrected chi connectivity index (χ0v) is 18.4. The first-order valence-electron chi connectivity index (χ1n) is 11.1. The Bertz CT molecular complexity index is 1510. The van der Waals surface area contributed by atoms with E-state index in [0.29, 0.717) is 40.3 Å². The van der Waals surface area contributed by atoms with E-state index >= 15 is 0 Å². The molecule has 5 aromatic rings. The molecule has 1 fully saturated rings. The second-order valence-electron chi connectivity index (χ2n) is 8.34. The van der Waals surface area contributed by atoms with Crippen LogP contribution >= 0.6 is 0 Å². The maximum atomic E-state index is 13.5. The Morgan fingerprint density at radius 1 is 1.21 bits per heavy atom. The summed E-state index contributed by atoms with van der Waals surface area (Å²) in [6.45, 7) is 2.70. The third kappa shape index (κ3) is 3.25. The number of nitrogens with zero attached hydrogens (tertiary/aromatic N) is 7. The molecule has 0 spiro atoms. The first-order valence-corrected chi connectivity index (χ1v) is 11.1. The predicted octanol–water partition coefficient (Wildman–Crippen LogP) is 3.25. The van der Waals surface area contributed by atoms with Crippen LogP contribution in [0.5, 0.6) is 0 Å². The Kier molecular flexibility index (Phi) is 4.61. The van der Waals surface area contributed by atoms with Gasteiger partial charge in [-0.25, -0.2) is 14.5 Å². The van der Waals surface area contributed by atoms with Crippen LogP contribution in [0.4, 0.5) is 0 Å². The van der Waals surface area contributed by atoms with E-state index in [1.165, 1.54) is 0 Å². The minimum absolute atomic E-state index is 0.0508. The average molecular weight is 445 g/mol. The summed E-state index contributed by atoms with van der Waals surface area (Å²) in [4.78, 5) is 22.8. The Labute approximate surface area is 188 Å². The number of pyridine rings is 1. The fraction of sp³-hybridized carbons (Fsp3) is 0.348. The lowest BCUT2D eigenvalue weighted by atomic mass is 10.0. The molecule has 0 bridgehead atoms. The molecule has 0 saturated carbocycles. The maximum absolute atomic E-state index is 13.5. The van der Waals surface area contributed by atoms with Crippen LogP contribution in [0, 0.1) is 0 Å². The monoisotopic (exact) mass is 445 g/mol. The summed E-state index contributed by atoms with van der Waals surface area (Å²) in [5, 5.41) is 8.54. The molecule has 168 valence electrons. The molecule has 2 atom stereocenters. The second kappa shape index (κ2) is 7.66. The van der Waals surface area contributed by atoms with Crippen LogP contribution in [-0.4, -0.2) is 46.8 Å². The fourth-order valence-corrected chi connectivity index (χ4v) is 4.62. The summed E-state index contributed by atoms with van der Waals surface area (Å²) in [5.74, 6) is 0.646. The van der Waals surface area contributed by atoms with Gasteiger partial charge in [0.1, 0.15) is 16.7 Å². The molecule has 0 N–H and O–H groups in total. The number of aromatic nitrogens is 7. The van der Waals surface area contributed by atoms with E-state index < -0.39 is 0 Å². The lowest BCUT2D eigenvalue weighted by molar-refractivity contribution is -0.00710. The zero-order valence-electron chi connectivity index (χ0n) is 18.4. The van der Waals surface area contributed by atoms with Gasteiger partial charge in [-0.15, -0.1) is 0 Å². The van der Waals surface area contributed by atoms with Crippen molar-refractivity contribution in [3.8, 4) is 17.1 Å². The second-order valence-corrected chi connectivity index (χ2v) is 8.34. The SMILES string of the molecule is CC[C@H]1C[C@@H](n2c(=O)nc(-c3cnn(C)c3)c3oc4ccc(-n5cccn5)nc4c32)CCO1. The van der Waals surface area contributed by atoms with E-state index in [2.05, 4.69) is 22.1 Å². The Balaban J connectivity index is 1.66. The summed E-state index contributed by atoms with van der Waals surface area (Å²) < 4.78 is 17.3. The molecule has 33 heavy (non-hydrogen) atoms. The summed E-state index contributed by atoms with van der Waals surface area (Å²) in [5.41, 5.74) is 3.25. The average Bonchev–Trinajstić information content (AvgIpc) is 3.58. The Morgan fingerprint density at radius 3 is 2.88 bits per heavy atom. The molecule has 0 amide bonds. The first-order chi connectivity index (χ1) is 16.1. The van der Waals surface area contributed by atoms with Crippen molar-refractivity contribution in [2.24, 2.45) is 7.05 Å². The van der Waals surface area contributed by atoms with Crippen molar-refractivity contribution in [1.29, 1.82) is 0 Å². The molecule has 6 heterocycles. The van der Waals surface area contributed by atoms with E-state index in [-0.39, 0.29) is 17.8 Å². The number of rotatable bonds is 4. The molecule has 0 aliphatic carbocycles. The van der Waals surface area contributed by atoms with Crippen molar-refractivity contribution in [3.63, 3.8) is 0 Å². The van der Waals surface area contributed by atoms with E-state index in [1.54, 1.807) is 26.3 Å². The minimum atomic E-state index is -0.322. The van der Waals surface area contributed by atoms with Gasteiger partial charge in [0.2, 0.25) is 0 Å². The van der Waals surface area contributed by atoms with E-state index in [9.17, 15) is 4.79 Å². The third-order valence-electron chi connectivity index (χ3n) is 6.24. The van der Waals surface area contributed by atoms with Crippen LogP contribution in [-0.2, 0) is 11.8 Å². The van der Waals surface area contributed by atoms with Crippen molar-refractivity contribution >= 4 is 22.2 Å². The van der Waals surface area contributed by atoms with E-state index in [0.717, 1.165) is 24.8 Å². The van der Waals surface area contributed by atoms with Crippen molar-refractivity contribution in [2.45, 2.75) is 38.3 Å². The Hall–Kier alpha value is -3.79. The number of hydrogen-bond acceptors (Lipinski definition) is 7. The first kappa shape index (κ1) is 19.9. The van der Waals surface area contributed by atoms with Gasteiger partial charge < -0.3 is 9.15 Å². The predicted molar refractivity (Wildman–Crippen MR) is 121 cm³/mol. The lowest BCUT2D eigenvalue weighted by Gasteiger charge is -2.30. The van der Waals surface area contributed by atoms with Crippen LogP contribution < -0.4 is 5.69 Å². The molecule has 1 aliphatic rings. The highest BCUT2D eigenvalue weighted by molar-refractivity contribution is 6.04. The largest absolute Gasteiger partial charge is 0.450 e. The number of hydrogen-bond donors (Lipinski definition) is 0. The summed E-state index contributed by atoms with van der Waals surface area (Å²) in [6.07, 6.45) is 9.50. The van der Waals surface area contributed by atoms with Crippen molar-refractivity contribution < 1.29 is 9.15 Å². The van der Waals surface area contributed by atoms with Gasteiger partial charge >= 0.3 is 5.69 Å². The quantitative estimate of drug-likeness (QED) is 0.418. The van der Waals surface area contributed by atoms with Crippen LogP contribution in [0.15, 0.2) is 52.2 Å². The van der Waals surface area contributed by atoms with Gasteiger partial charge in [-0.1, -0.05) is 6.92 Å². The van der Waals surface area contributed by atoms with Gasteiger partial charge in [-0.05, 0) is 37.5 Å². The molecular weight excluding hydrogens is 422 g/mol. The number of fused-ring (bicyclic) bond motifs is 3. The van der Waals surface area contributed by atoms with Crippen LogP contribution in [0.1, 0.15) is 32.2 Å². The number of ether oxygens (including phenoxy) is 1.